The third-order valence-electron chi connectivity index (χ3n) is 3.72. The molecular formula is C15H18FN3. The molecule has 0 spiro atoms. The van der Waals surface area contributed by atoms with Crippen molar-refractivity contribution < 1.29 is 4.39 Å². The van der Waals surface area contributed by atoms with Gasteiger partial charge in [-0.1, -0.05) is 12.1 Å². The van der Waals surface area contributed by atoms with Crippen LogP contribution in [-0.4, -0.2) is 22.9 Å². The Bertz CT molecular complexity index is 553. The Kier molecular flexibility index (Phi) is 3.34. The number of benzene rings is 1. The highest BCUT2D eigenvalue weighted by Crippen LogP contribution is 2.25. The number of nitrogens with zero attached hydrogens (tertiary/aromatic N) is 2. The van der Waals surface area contributed by atoms with E-state index in [0.717, 1.165) is 36.3 Å². The van der Waals surface area contributed by atoms with Gasteiger partial charge in [-0.3, -0.25) is 4.68 Å². The van der Waals surface area contributed by atoms with E-state index in [1.165, 1.54) is 18.6 Å². The van der Waals surface area contributed by atoms with Crippen LogP contribution in [0, 0.1) is 12.7 Å². The molecule has 1 aliphatic heterocycles. The number of aromatic nitrogens is 2. The van der Waals surface area contributed by atoms with Gasteiger partial charge >= 0.3 is 0 Å². The largest absolute Gasteiger partial charge is 0.315 e. The predicted octanol–water partition coefficient (Wildman–Crippen LogP) is 2.92. The third-order valence-corrected chi connectivity index (χ3v) is 3.72. The lowest BCUT2D eigenvalue weighted by atomic mass is 10.1. The zero-order chi connectivity index (χ0) is 13.2. The molecule has 100 valence electrons. The van der Waals surface area contributed by atoms with Crippen molar-refractivity contribution in [1.82, 2.24) is 15.1 Å². The normalized spacial score (nSPS) is 19.6. The zero-order valence-electron chi connectivity index (χ0n) is 11.1. The van der Waals surface area contributed by atoms with Crippen LogP contribution < -0.4 is 5.32 Å². The highest BCUT2D eigenvalue weighted by atomic mass is 19.1. The summed E-state index contributed by atoms with van der Waals surface area (Å²) in [6, 6.07) is 7.04. The summed E-state index contributed by atoms with van der Waals surface area (Å²) in [5.74, 6) is -0.203. The van der Waals surface area contributed by atoms with Crippen molar-refractivity contribution in [3.8, 4) is 11.1 Å². The molecule has 2 heterocycles. The van der Waals surface area contributed by atoms with E-state index in [0.29, 0.717) is 6.04 Å². The van der Waals surface area contributed by atoms with E-state index >= 15 is 0 Å². The van der Waals surface area contributed by atoms with Crippen LogP contribution in [0.1, 0.15) is 24.6 Å². The molecule has 1 aliphatic rings. The number of rotatable bonds is 2. The van der Waals surface area contributed by atoms with Gasteiger partial charge in [-0.05, 0) is 44.0 Å². The van der Waals surface area contributed by atoms with Crippen LogP contribution in [-0.2, 0) is 0 Å². The first-order chi connectivity index (χ1) is 9.24. The lowest BCUT2D eigenvalue weighted by Crippen LogP contribution is -2.31. The van der Waals surface area contributed by atoms with E-state index in [2.05, 4.69) is 21.3 Å². The third kappa shape index (κ3) is 2.54. The van der Waals surface area contributed by atoms with Gasteiger partial charge in [0, 0.05) is 18.3 Å². The van der Waals surface area contributed by atoms with Crippen molar-refractivity contribution in [3.63, 3.8) is 0 Å². The van der Waals surface area contributed by atoms with E-state index in [4.69, 9.17) is 0 Å². The average molecular weight is 259 g/mol. The highest BCUT2D eigenvalue weighted by Gasteiger charge is 2.17. The van der Waals surface area contributed by atoms with Crippen molar-refractivity contribution in [2.45, 2.75) is 25.8 Å². The summed E-state index contributed by atoms with van der Waals surface area (Å²) >= 11 is 0. The van der Waals surface area contributed by atoms with Crippen LogP contribution in [0.25, 0.3) is 11.1 Å². The van der Waals surface area contributed by atoms with Crippen molar-refractivity contribution >= 4 is 0 Å². The van der Waals surface area contributed by atoms with Gasteiger partial charge in [0.05, 0.1) is 11.7 Å². The maximum atomic E-state index is 13.0. The molecule has 0 bridgehead atoms. The van der Waals surface area contributed by atoms with Crippen LogP contribution in [0.5, 0.6) is 0 Å². The summed E-state index contributed by atoms with van der Waals surface area (Å²) in [6.07, 6.45) is 4.44. The molecule has 3 nitrogen and oxygen atoms in total. The van der Waals surface area contributed by atoms with Crippen LogP contribution in [0.2, 0.25) is 0 Å². The SMILES string of the molecule is Cc1nn(C2CCCNC2)cc1-c1ccc(F)cc1. The maximum Gasteiger partial charge on any atom is 0.123 e. The average Bonchev–Trinajstić information content (AvgIpc) is 2.83. The number of piperidine rings is 1. The second-order valence-corrected chi connectivity index (χ2v) is 5.12. The minimum absolute atomic E-state index is 0.203. The molecule has 1 aromatic carbocycles. The van der Waals surface area contributed by atoms with Crippen molar-refractivity contribution in [3.05, 3.63) is 42.0 Å². The first-order valence-corrected chi connectivity index (χ1v) is 6.76. The van der Waals surface area contributed by atoms with Crippen LogP contribution in [0.3, 0.4) is 0 Å². The van der Waals surface area contributed by atoms with Gasteiger partial charge in [-0.25, -0.2) is 4.39 Å². The second kappa shape index (κ2) is 5.13. The van der Waals surface area contributed by atoms with Crippen LogP contribution >= 0.6 is 0 Å². The smallest absolute Gasteiger partial charge is 0.123 e. The van der Waals surface area contributed by atoms with Crippen LogP contribution in [0.15, 0.2) is 30.5 Å². The fraction of sp³-hybridized carbons (Fsp3) is 0.400. The maximum absolute atomic E-state index is 13.0. The molecule has 1 saturated heterocycles. The molecular weight excluding hydrogens is 241 g/mol. The number of aryl methyl sites for hydroxylation is 1. The fourth-order valence-electron chi connectivity index (χ4n) is 2.64. The van der Waals surface area contributed by atoms with Gasteiger partial charge in [0.1, 0.15) is 5.82 Å². The fourth-order valence-corrected chi connectivity index (χ4v) is 2.64. The van der Waals surface area contributed by atoms with Crippen molar-refractivity contribution in [2.75, 3.05) is 13.1 Å². The Morgan fingerprint density at radius 1 is 1.32 bits per heavy atom. The topological polar surface area (TPSA) is 29.9 Å². The van der Waals surface area contributed by atoms with Crippen molar-refractivity contribution in [1.29, 1.82) is 0 Å². The standard InChI is InChI=1S/C15H18FN3/c1-11-15(12-4-6-13(16)7-5-12)10-19(18-11)14-3-2-8-17-9-14/h4-7,10,14,17H,2-3,8-9H2,1H3. The molecule has 0 aliphatic carbocycles. The lowest BCUT2D eigenvalue weighted by Gasteiger charge is -2.22. The number of hydrogen-bond acceptors (Lipinski definition) is 2. The van der Waals surface area contributed by atoms with E-state index in [1.807, 2.05) is 19.1 Å². The van der Waals surface area contributed by atoms with Gasteiger partial charge in [0.25, 0.3) is 0 Å². The zero-order valence-corrected chi connectivity index (χ0v) is 11.1. The molecule has 19 heavy (non-hydrogen) atoms. The monoisotopic (exact) mass is 259 g/mol. The minimum Gasteiger partial charge on any atom is -0.315 e. The Labute approximate surface area is 112 Å². The first kappa shape index (κ1) is 12.4. The van der Waals surface area contributed by atoms with Gasteiger partial charge in [-0.2, -0.15) is 5.10 Å². The van der Waals surface area contributed by atoms with E-state index in [1.54, 1.807) is 0 Å². The van der Waals surface area contributed by atoms with E-state index < -0.39 is 0 Å². The molecule has 4 heteroatoms. The van der Waals surface area contributed by atoms with Gasteiger partial charge in [0.2, 0.25) is 0 Å². The predicted molar refractivity (Wildman–Crippen MR) is 73.5 cm³/mol. The molecule has 2 aromatic rings. The van der Waals surface area contributed by atoms with Crippen LogP contribution in [0.4, 0.5) is 4.39 Å². The van der Waals surface area contributed by atoms with Crippen molar-refractivity contribution in [2.24, 2.45) is 0 Å². The summed E-state index contributed by atoms with van der Waals surface area (Å²) in [5.41, 5.74) is 3.11. The molecule has 1 N–H and O–H groups in total. The second-order valence-electron chi connectivity index (χ2n) is 5.12. The van der Waals surface area contributed by atoms with E-state index in [-0.39, 0.29) is 5.82 Å². The highest BCUT2D eigenvalue weighted by molar-refractivity contribution is 5.64. The van der Waals surface area contributed by atoms with E-state index in [9.17, 15) is 4.39 Å². The number of hydrogen-bond donors (Lipinski definition) is 1. The molecule has 1 fully saturated rings. The molecule has 0 radical (unpaired) electrons. The summed E-state index contributed by atoms with van der Waals surface area (Å²) < 4.78 is 15.0. The quantitative estimate of drug-likeness (QED) is 0.898. The summed E-state index contributed by atoms with van der Waals surface area (Å²) in [7, 11) is 0. The summed E-state index contributed by atoms with van der Waals surface area (Å²) in [4.78, 5) is 0. The molecule has 1 aromatic heterocycles. The lowest BCUT2D eigenvalue weighted by molar-refractivity contribution is 0.346. The molecule has 1 unspecified atom stereocenters. The van der Waals surface area contributed by atoms with Gasteiger partial charge < -0.3 is 5.32 Å². The Hall–Kier alpha value is -1.68. The molecule has 0 saturated carbocycles. The number of halogens is 1. The Balaban J connectivity index is 1.90. The Morgan fingerprint density at radius 3 is 2.79 bits per heavy atom. The summed E-state index contributed by atoms with van der Waals surface area (Å²) in [6.45, 7) is 4.08. The molecule has 3 rings (SSSR count). The molecule has 1 atom stereocenters. The minimum atomic E-state index is -0.203. The number of nitrogens with one attached hydrogen (secondary N) is 1. The Morgan fingerprint density at radius 2 is 2.11 bits per heavy atom. The first-order valence-electron chi connectivity index (χ1n) is 6.76. The van der Waals surface area contributed by atoms with Gasteiger partial charge in [-0.15, -0.1) is 0 Å². The molecule has 0 amide bonds. The van der Waals surface area contributed by atoms with Gasteiger partial charge in [0.15, 0.2) is 0 Å². The summed E-state index contributed by atoms with van der Waals surface area (Å²) in [5, 5.41) is 8.01.